The van der Waals surface area contributed by atoms with Gasteiger partial charge in [-0.2, -0.15) is 0 Å². The molecule has 0 aliphatic carbocycles. The number of nitrogens with one attached hydrogen (secondary N) is 1. The molecule has 8 heteroatoms. The third-order valence-electron chi connectivity index (χ3n) is 3.82. The first-order chi connectivity index (χ1) is 13.4. The van der Waals surface area contributed by atoms with Gasteiger partial charge < -0.3 is 25.2 Å². The zero-order valence-electron chi connectivity index (χ0n) is 17.7. The third-order valence-corrected chi connectivity index (χ3v) is 3.82. The van der Waals surface area contributed by atoms with Gasteiger partial charge in [0.15, 0.2) is 6.10 Å². The van der Waals surface area contributed by atoms with Crippen LogP contribution in [0.5, 0.6) is 0 Å². The van der Waals surface area contributed by atoms with Crippen LogP contribution in [0.1, 0.15) is 40.2 Å². The molecule has 3 N–H and O–H groups in total. The van der Waals surface area contributed by atoms with E-state index in [1.54, 1.807) is 20.8 Å². The highest BCUT2D eigenvalue weighted by molar-refractivity contribution is 5.84. The van der Waals surface area contributed by atoms with E-state index in [4.69, 9.17) is 9.84 Å². The molecule has 0 heterocycles. The fourth-order valence-corrected chi connectivity index (χ4v) is 2.62. The summed E-state index contributed by atoms with van der Waals surface area (Å²) in [5, 5.41) is 21.3. The fourth-order valence-electron chi connectivity index (χ4n) is 2.62. The fraction of sp³-hybridized carbons (Fsp3) is 0.571. The summed E-state index contributed by atoms with van der Waals surface area (Å²) in [6.07, 6.45) is -1.49. The molecule has 1 aromatic carbocycles. The molecule has 1 aromatic rings. The van der Waals surface area contributed by atoms with Crippen LogP contribution >= 0.6 is 0 Å². The molecule has 0 fully saturated rings. The van der Waals surface area contributed by atoms with Crippen molar-refractivity contribution in [3.05, 3.63) is 35.9 Å². The summed E-state index contributed by atoms with van der Waals surface area (Å²) in [6.45, 7) is 8.78. The van der Waals surface area contributed by atoms with E-state index in [1.807, 2.05) is 44.2 Å². The van der Waals surface area contributed by atoms with Crippen molar-refractivity contribution in [2.45, 2.75) is 58.8 Å². The van der Waals surface area contributed by atoms with Gasteiger partial charge in [0, 0.05) is 13.0 Å². The summed E-state index contributed by atoms with van der Waals surface area (Å²) < 4.78 is 5.44. The Morgan fingerprint density at radius 1 is 1.10 bits per heavy atom. The monoisotopic (exact) mass is 408 g/mol. The van der Waals surface area contributed by atoms with Gasteiger partial charge in [-0.05, 0) is 32.3 Å². The van der Waals surface area contributed by atoms with E-state index in [9.17, 15) is 19.5 Å². The van der Waals surface area contributed by atoms with Crippen molar-refractivity contribution in [3.8, 4) is 0 Å². The predicted octanol–water partition coefficient (Wildman–Crippen LogP) is 2.05. The second kappa shape index (κ2) is 10.8. The minimum atomic E-state index is -1.71. The SMILES string of the molecule is CC(C)CN(CC(O)C(=O)O)C(=O)N[C@@H](Cc1ccccc1)C(=O)OC(C)(C)C. The molecular formula is C21H32N2O6. The molecule has 162 valence electrons. The number of benzene rings is 1. The molecule has 0 aliphatic rings. The highest BCUT2D eigenvalue weighted by atomic mass is 16.6. The lowest BCUT2D eigenvalue weighted by Crippen LogP contribution is -2.53. The molecule has 0 radical (unpaired) electrons. The van der Waals surface area contributed by atoms with E-state index in [1.165, 1.54) is 4.90 Å². The van der Waals surface area contributed by atoms with Gasteiger partial charge in [0.05, 0.1) is 6.54 Å². The third kappa shape index (κ3) is 9.43. The van der Waals surface area contributed by atoms with Crippen LogP contribution in [-0.2, 0) is 20.7 Å². The second-order valence-corrected chi connectivity index (χ2v) is 8.38. The number of ether oxygens (including phenoxy) is 1. The van der Waals surface area contributed by atoms with Crippen molar-refractivity contribution < 1.29 is 29.3 Å². The maximum Gasteiger partial charge on any atom is 0.334 e. The van der Waals surface area contributed by atoms with E-state index in [2.05, 4.69) is 5.32 Å². The lowest BCUT2D eigenvalue weighted by molar-refractivity contribution is -0.157. The molecule has 0 spiro atoms. The maximum atomic E-state index is 12.8. The smallest absolute Gasteiger partial charge is 0.334 e. The summed E-state index contributed by atoms with van der Waals surface area (Å²) in [7, 11) is 0. The number of carboxylic acids is 1. The number of amides is 2. The molecule has 1 rings (SSSR count). The van der Waals surface area contributed by atoms with Crippen molar-refractivity contribution >= 4 is 18.0 Å². The van der Waals surface area contributed by atoms with Crippen molar-refractivity contribution in [3.63, 3.8) is 0 Å². The van der Waals surface area contributed by atoms with Gasteiger partial charge in [0.2, 0.25) is 0 Å². The standard InChI is InChI=1S/C21H32N2O6/c1-14(2)12-23(13-17(24)18(25)26)20(28)22-16(19(27)29-21(3,4)5)11-15-9-7-6-8-10-15/h6-10,14,16-17,24H,11-13H2,1-5H3,(H,22,28)(H,25,26)/t16-,17?/m0/s1. The van der Waals surface area contributed by atoms with Crippen molar-refractivity contribution in [2.24, 2.45) is 5.92 Å². The average molecular weight is 408 g/mol. The number of hydrogen-bond donors (Lipinski definition) is 3. The van der Waals surface area contributed by atoms with Crippen molar-refractivity contribution in [2.75, 3.05) is 13.1 Å². The van der Waals surface area contributed by atoms with E-state index >= 15 is 0 Å². The molecule has 2 amide bonds. The number of carbonyl (C=O) groups is 3. The van der Waals surface area contributed by atoms with Crippen molar-refractivity contribution in [1.82, 2.24) is 10.2 Å². The number of aliphatic carboxylic acids is 1. The van der Waals surface area contributed by atoms with Crippen molar-refractivity contribution in [1.29, 1.82) is 0 Å². The molecule has 1 unspecified atom stereocenters. The Morgan fingerprint density at radius 3 is 2.17 bits per heavy atom. The molecule has 0 aliphatic heterocycles. The molecule has 0 saturated carbocycles. The van der Waals surface area contributed by atoms with Crippen LogP contribution < -0.4 is 5.32 Å². The first-order valence-corrected chi connectivity index (χ1v) is 9.62. The molecular weight excluding hydrogens is 376 g/mol. The normalized spacial score (nSPS) is 13.5. The Morgan fingerprint density at radius 2 is 1.69 bits per heavy atom. The van der Waals surface area contributed by atoms with Gasteiger partial charge in [-0.1, -0.05) is 44.2 Å². The quantitative estimate of drug-likeness (QED) is 0.539. The number of nitrogens with zero attached hydrogens (tertiary/aromatic N) is 1. The lowest BCUT2D eigenvalue weighted by atomic mass is 10.1. The highest BCUT2D eigenvalue weighted by Crippen LogP contribution is 2.12. The van der Waals surface area contributed by atoms with E-state index < -0.39 is 35.7 Å². The molecule has 2 atom stereocenters. The van der Waals surface area contributed by atoms with Crippen LogP contribution in [0.3, 0.4) is 0 Å². The topological polar surface area (TPSA) is 116 Å². The zero-order valence-corrected chi connectivity index (χ0v) is 17.7. The van der Waals surface area contributed by atoms with Gasteiger partial charge in [-0.25, -0.2) is 14.4 Å². The van der Waals surface area contributed by atoms with Crippen LogP contribution in [0, 0.1) is 5.92 Å². The molecule has 8 nitrogen and oxygen atoms in total. The zero-order chi connectivity index (χ0) is 22.2. The first kappa shape index (κ1) is 24.4. The summed E-state index contributed by atoms with van der Waals surface area (Å²) in [5.41, 5.74) is 0.109. The van der Waals surface area contributed by atoms with Crippen LogP contribution in [0.4, 0.5) is 4.79 Å². The second-order valence-electron chi connectivity index (χ2n) is 8.38. The van der Waals surface area contributed by atoms with Crippen LogP contribution in [0.15, 0.2) is 30.3 Å². The van der Waals surface area contributed by atoms with Crippen LogP contribution in [0.2, 0.25) is 0 Å². The maximum absolute atomic E-state index is 12.8. The Hall–Kier alpha value is -2.61. The average Bonchev–Trinajstić information content (AvgIpc) is 2.59. The number of urea groups is 1. The van der Waals surface area contributed by atoms with Crippen LogP contribution in [-0.4, -0.2) is 63.9 Å². The van der Waals surface area contributed by atoms with Crippen LogP contribution in [0.25, 0.3) is 0 Å². The summed E-state index contributed by atoms with van der Waals surface area (Å²) in [4.78, 5) is 37.7. The van der Waals surface area contributed by atoms with Gasteiger partial charge in [-0.3, -0.25) is 0 Å². The molecule has 0 saturated heterocycles. The summed E-state index contributed by atoms with van der Waals surface area (Å²) in [5.74, 6) is -1.96. The van der Waals surface area contributed by atoms with Gasteiger partial charge in [0.25, 0.3) is 0 Å². The van der Waals surface area contributed by atoms with E-state index in [0.29, 0.717) is 0 Å². The largest absolute Gasteiger partial charge is 0.479 e. The van der Waals surface area contributed by atoms with Gasteiger partial charge in [0.1, 0.15) is 11.6 Å². The minimum absolute atomic E-state index is 0.0378. The lowest BCUT2D eigenvalue weighted by Gasteiger charge is -2.29. The number of carboxylic acid groups (broad SMARTS) is 1. The van der Waals surface area contributed by atoms with Gasteiger partial charge in [-0.15, -0.1) is 0 Å². The molecule has 0 bridgehead atoms. The Bertz CT molecular complexity index is 684. The predicted molar refractivity (Wildman–Crippen MR) is 108 cm³/mol. The summed E-state index contributed by atoms with van der Waals surface area (Å²) >= 11 is 0. The number of aliphatic hydroxyl groups excluding tert-OH is 1. The number of esters is 1. The molecule has 29 heavy (non-hydrogen) atoms. The highest BCUT2D eigenvalue weighted by Gasteiger charge is 2.30. The Kier molecular flexibility index (Phi) is 9.10. The van der Waals surface area contributed by atoms with E-state index in [-0.39, 0.29) is 25.4 Å². The Labute approximate surface area is 171 Å². The molecule has 0 aromatic heterocycles. The van der Waals surface area contributed by atoms with E-state index in [0.717, 1.165) is 5.56 Å². The van der Waals surface area contributed by atoms with Gasteiger partial charge >= 0.3 is 18.0 Å². The Balaban J connectivity index is 3.01. The minimum Gasteiger partial charge on any atom is -0.479 e. The number of hydrogen-bond acceptors (Lipinski definition) is 5. The number of carbonyl (C=O) groups excluding carboxylic acids is 2. The number of aliphatic hydroxyl groups is 1. The first-order valence-electron chi connectivity index (χ1n) is 9.62. The summed E-state index contributed by atoms with van der Waals surface area (Å²) in [6, 6.07) is 7.59. The number of rotatable bonds is 9.